The van der Waals surface area contributed by atoms with Crippen LogP contribution in [0.15, 0.2) is 41.3 Å². The van der Waals surface area contributed by atoms with Gasteiger partial charge >= 0.3 is 0 Å². The molecule has 3 rings (SSSR count). The van der Waals surface area contributed by atoms with Gasteiger partial charge in [0.25, 0.3) is 11.6 Å². The molecule has 2 aromatic carbocycles. The summed E-state index contributed by atoms with van der Waals surface area (Å²) in [4.78, 5) is 35.7. The maximum absolute atomic E-state index is 12.5. The van der Waals surface area contributed by atoms with Crippen molar-refractivity contribution in [2.24, 2.45) is 0 Å². The van der Waals surface area contributed by atoms with E-state index >= 15 is 0 Å². The van der Waals surface area contributed by atoms with E-state index in [-0.39, 0.29) is 16.8 Å². The van der Waals surface area contributed by atoms with E-state index in [0.717, 1.165) is 4.90 Å². The molecule has 0 bridgehead atoms. The van der Waals surface area contributed by atoms with Gasteiger partial charge in [-0.15, -0.1) is 11.8 Å². The van der Waals surface area contributed by atoms with Gasteiger partial charge in [0.1, 0.15) is 0 Å². The van der Waals surface area contributed by atoms with Crippen molar-refractivity contribution in [2.45, 2.75) is 24.0 Å². The number of hydrogen-bond donors (Lipinski definition) is 2. The largest absolute Gasteiger partial charge is 0.324 e. The van der Waals surface area contributed by atoms with Gasteiger partial charge in [0.2, 0.25) is 5.91 Å². The number of carbonyl (C=O) groups is 2. The standard InChI is InChI=1S/C17H15N3O4S/c1-9-12(4-3-5-14(9)20(23)24)18-17(22)11-6-7-15-13(8-11)19-16(21)10(2)25-15/h3-8,10H,1-2H3,(H,18,22)(H,19,21). The van der Waals surface area contributed by atoms with Crippen molar-refractivity contribution < 1.29 is 14.5 Å². The molecular weight excluding hydrogens is 342 g/mol. The summed E-state index contributed by atoms with van der Waals surface area (Å²) in [6, 6.07) is 9.57. The molecule has 128 valence electrons. The summed E-state index contributed by atoms with van der Waals surface area (Å²) < 4.78 is 0. The van der Waals surface area contributed by atoms with Crippen molar-refractivity contribution in [3.63, 3.8) is 0 Å². The molecule has 0 saturated carbocycles. The fourth-order valence-electron chi connectivity index (χ4n) is 2.50. The van der Waals surface area contributed by atoms with Crippen LogP contribution >= 0.6 is 11.8 Å². The van der Waals surface area contributed by atoms with Crippen molar-refractivity contribution in [3.05, 3.63) is 57.6 Å². The fraction of sp³-hybridized carbons (Fsp3) is 0.176. The van der Waals surface area contributed by atoms with E-state index < -0.39 is 10.8 Å². The Morgan fingerprint density at radius 1 is 1.32 bits per heavy atom. The number of fused-ring (bicyclic) bond motifs is 1. The van der Waals surface area contributed by atoms with E-state index in [4.69, 9.17) is 0 Å². The normalized spacial score (nSPS) is 15.9. The smallest absolute Gasteiger partial charge is 0.274 e. The molecule has 2 amide bonds. The molecule has 0 saturated heterocycles. The fourth-order valence-corrected chi connectivity index (χ4v) is 3.43. The number of amides is 2. The molecule has 8 heteroatoms. The molecule has 0 radical (unpaired) electrons. The van der Waals surface area contributed by atoms with E-state index in [1.54, 1.807) is 31.2 Å². The first-order valence-electron chi connectivity index (χ1n) is 7.53. The van der Waals surface area contributed by atoms with Crippen LogP contribution < -0.4 is 10.6 Å². The van der Waals surface area contributed by atoms with E-state index in [1.165, 1.54) is 23.9 Å². The molecule has 2 N–H and O–H groups in total. The van der Waals surface area contributed by atoms with Crippen LogP contribution in [0.1, 0.15) is 22.8 Å². The number of rotatable bonds is 3. The molecule has 1 heterocycles. The van der Waals surface area contributed by atoms with Gasteiger partial charge in [0.15, 0.2) is 0 Å². The summed E-state index contributed by atoms with van der Waals surface area (Å²) in [6.45, 7) is 3.40. The SMILES string of the molecule is Cc1c(NC(=O)c2ccc3c(c2)NC(=O)C(C)S3)cccc1[N+](=O)[O-]. The van der Waals surface area contributed by atoms with Gasteiger partial charge in [-0.3, -0.25) is 19.7 Å². The van der Waals surface area contributed by atoms with E-state index in [1.807, 2.05) is 6.92 Å². The van der Waals surface area contributed by atoms with E-state index in [9.17, 15) is 19.7 Å². The van der Waals surface area contributed by atoms with Gasteiger partial charge in [-0.05, 0) is 38.1 Å². The Hall–Kier alpha value is -2.87. The summed E-state index contributed by atoms with van der Waals surface area (Å²) in [5.74, 6) is -0.506. The average molecular weight is 357 g/mol. The molecule has 1 atom stereocenters. The lowest BCUT2D eigenvalue weighted by Gasteiger charge is -2.21. The minimum Gasteiger partial charge on any atom is -0.324 e. The summed E-state index contributed by atoms with van der Waals surface area (Å²) in [7, 11) is 0. The molecular formula is C17H15N3O4S. The second-order valence-electron chi connectivity index (χ2n) is 5.62. The molecule has 1 unspecified atom stereocenters. The molecule has 1 aliphatic heterocycles. The third kappa shape index (κ3) is 3.34. The highest BCUT2D eigenvalue weighted by Gasteiger charge is 2.24. The van der Waals surface area contributed by atoms with Gasteiger partial charge in [-0.25, -0.2) is 0 Å². The molecule has 0 spiro atoms. The van der Waals surface area contributed by atoms with Crippen LogP contribution in [0, 0.1) is 17.0 Å². The first-order valence-corrected chi connectivity index (χ1v) is 8.41. The zero-order valence-electron chi connectivity index (χ0n) is 13.5. The maximum Gasteiger partial charge on any atom is 0.274 e. The van der Waals surface area contributed by atoms with Crippen LogP contribution in [-0.4, -0.2) is 22.0 Å². The highest BCUT2D eigenvalue weighted by Crippen LogP contribution is 2.36. The van der Waals surface area contributed by atoms with Crippen molar-refractivity contribution in [2.75, 3.05) is 10.6 Å². The maximum atomic E-state index is 12.5. The molecule has 1 aliphatic rings. The van der Waals surface area contributed by atoms with Gasteiger partial charge in [0.05, 0.1) is 27.1 Å². The Morgan fingerprint density at radius 2 is 2.08 bits per heavy atom. The van der Waals surface area contributed by atoms with Crippen molar-refractivity contribution >= 4 is 40.6 Å². The quantitative estimate of drug-likeness (QED) is 0.646. The monoisotopic (exact) mass is 357 g/mol. The number of benzene rings is 2. The lowest BCUT2D eigenvalue weighted by molar-refractivity contribution is -0.385. The Balaban J connectivity index is 1.86. The molecule has 25 heavy (non-hydrogen) atoms. The van der Waals surface area contributed by atoms with Crippen molar-refractivity contribution in [1.29, 1.82) is 0 Å². The summed E-state index contributed by atoms with van der Waals surface area (Å²) in [5, 5.41) is 16.3. The van der Waals surface area contributed by atoms with Crippen LogP contribution in [0.2, 0.25) is 0 Å². The first-order chi connectivity index (χ1) is 11.9. The van der Waals surface area contributed by atoms with Gasteiger partial charge < -0.3 is 10.6 Å². The van der Waals surface area contributed by atoms with Crippen LogP contribution in [-0.2, 0) is 4.79 Å². The third-order valence-corrected chi connectivity index (χ3v) is 5.10. The highest BCUT2D eigenvalue weighted by molar-refractivity contribution is 8.00. The predicted octanol–water partition coefficient (Wildman–Crippen LogP) is 3.59. The Kier molecular flexibility index (Phi) is 4.45. The first kappa shape index (κ1) is 17.0. The minimum atomic E-state index is -0.488. The number of nitro groups is 1. The minimum absolute atomic E-state index is 0.0547. The second kappa shape index (κ2) is 6.56. The Morgan fingerprint density at radius 3 is 2.80 bits per heavy atom. The Bertz CT molecular complexity index is 897. The van der Waals surface area contributed by atoms with Crippen molar-refractivity contribution in [3.8, 4) is 0 Å². The van der Waals surface area contributed by atoms with Crippen LogP contribution in [0.25, 0.3) is 0 Å². The van der Waals surface area contributed by atoms with Gasteiger partial charge in [-0.2, -0.15) is 0 Å². The number of anilines is 2. The summed E-state index contributed by atoms with van der Waals surface area (Å²) in [5.41, 5.74) is 1.66. The Labute approximate surface area is 148 Å². The highest BCUT2D eigenvalue weighted by atomic mass is 32.2. The van der Waals surface area contributed by atoms with Crippen LogP contribution in [0.3, 0.4) is 0 Å². The van der Waals surface area contributed by atoms with Gasteiger partial charge in [-0.1, -0.05) is 6.07 Å². The number of hydrogen-bond acceptors (Lipinski definition) is 5. The summed E-state index contributed by atoms with van der Waals surface area (Å²) >= 11 is 1.43. The zero-order chi connectivity index (χ0) is 18.1. The second-order valence-corrected chi connectivity index (χ2v) is 7.00. The van der Waals surface area contributed by atoms with E-state index in [2.05, 4.69) is 10.6 Å². The predicted molar refractivity (Wildman–Crippen MR) is 96.2 cm³/mol. The number of nitrogens with one attached hydrogen (secondary N) is 2. The number of carbonyl (C=O) groups excluding carboxylic acids is 2. The molecule has 0 aromatic heterocycles. The average Bonchev–Trinajstić information content (AvgIpc) is 2.57. The molecule has 7 nitrogen and oxygen atoms in total. The lowest BCUT2D eigenvalue weighted by atomic mass is 10.1. The van der Waals surface area contributed by atoms with Crippen LogP contribution in [0.5, 0.6) is 0 Å². The topological polar surface area (TPSA) is 101 Å². The number of nitrogens with zero attached hydrogens (tertiary/aromatic N) is 1. The van der Waals surface area contributed by atoms with Crippen molar-refractivity contribution in [1.82, 2.24) is 0 Å². The van der Waals surface area contributed by atoms with Crippen LogP contribution in [0.4, 0.5) is 17.1 Å². The molecule has 2 aromatic rings. The number of nitro benzene ring substituents is 1. The molecule has 0 fully saturated rings. The van der Waals surface area contributed by atoms with E-state index in [0.29, 0.717) is 22.5 Å². The van der Waals surface area contributed by atoms with Gasteiger partial charge in [0, 0.05) is 16.5 Å². The zero-order valence-corrected chi connectivity index (χ0v) is 14.3. The lowest BCUT2D eigenvalue weighted by Crippen LogP contribution is -2.26. The number of thioether (sulfide) groups is 1. The molecule has 0 aliphatic carbocycles. The third-order valence-electron chi connectivity index (χ3n) is 3.92. The summed E-state index contributed by atoms with van der Waals surface area (Å²) in [6.07, 6.45) is 0.